The summed E-state index contributed by atoms with van der Waals surface area (Å²) in [5.41, 5.74) is 2.02. The Balaban J connectivity index is 1.74. The number of benzene rings is 1. The Morgan fingerprint density at radius 1 is 1.32 bits per heavy atom. The van der Waals surface area contributed by atoms with Crippen molar-refractivity contribution in [3.8, 4) is 5.75 Å². The number of quaternary nitrogens is 1. The fraction of sp³-hybridized carbons (Fsp3) is 0.350. The van der Waals surface area contributed by atoms with E-state index in [0.29, 0.717) is 11.6 Å². The molecule has 1 aliphatic rings. The molecular formula is C20H22NO3S+. The number of hydrogen-bond donors (Lipinski definition) is 2. The molecule has 0 spiro atoms. The maximum Gasteiger partial charge on any atom is 0.336 e. The van der Waals surface area contributed by atoms with Gasteiger partial charge in [-0.25, -0.2) is 4.79 Å². The van der Waals surface area contributed by atoms with Crippen LogP contribution >= 0.6 is 11.3 Å². The molecular weight excluding hydrogens is 334 g/mol. The van der Waals surface area contributed by atoms with E-state index in [9.17, 15) is 9.90 Å². The van der Waals surface area contributed by atoms with Crippen molar-refractivity contribution < 1.29 is 14.4 Å². The van der Waals surface area contributed by atoms with E-state index in [0.717, 1.165) is 36.0 Å². The number of thiophene rings is 1. The van der Waals surface area contributed by atoms with Crippen LogP contribution in [0.4, 0.5) is 0 Å². The van der Waals surface area contributed by atoms with Crippen molar-refractivity contribution in [2.24, 2.45) is 0 Å². The second kappa shape index (κ2) is 6.65. The minimum Gasteiger partial charge on any atom is -0.508 e. The van der Waals surface area contributed by atoms with Crippen molar-refractivity contribution in [2.45, 2.75) is 38.8 Å². The van der Waals surface area contributed by atoms with Gasteiger partial charge in [-0.05, 0) is 29.5 Å². The highest BCUT2D eigenvalue weighted by Gasteiger charge is 2.31. The minimum atomic E-state index is -0.350. The van der Waals surface area contributed by atoms with Gasteiger partial charge in [-0.2, -0.15) is 0 Å². The molecule has 4 rings (SSSR count). The molecule has 0 amide bonds. The summed E-state index contributed by atoms with van der Waals surface area (Å²) in [6, 6.07) is 10.00. The third kappa shape index (κ3) is 3.10. The van der Waals surface area contributed by atoms with E-state index in [1.165, 1.54) is 22.6 Å². The minimum absolute atomic E-state index is 0.195. The first-order valence-corrected chi connectivity index (χ1v) is 9.70. The van der Waals surface area contributed by atoms with Crippen LogP contribution in [0.3, 0.4) is 0 Å². The van der Waals surface area contributed by atoms with Gasteiger partial charge in [0.05, 0.1) is 11.4 Å². The summed E-state index contributed by atoms with van der Waals surface area (Å²) in [6.07, 6.45) is 3.14. The summed E-state index contributed by atoms with van der Waals surface area (Å²) < 4.78 is 5.32. The summed E-state index contributed by atoms with van der Waals surface area (Å²) in [4.78, 5) is 14.9. The molecule has 1 aromatic carbocycles. The predicted molar refractivity (Wildman–Crippen MR) is 99.4 cm³/mol. The van der Waals surface area contributed by atoms with E-state index in [2.05, 4.69) is 17.5 Å². The van der Waals surface area contributed by atoms with E-state index < -0.39 is 0 Å². The van der Waals surface area contributed by atoms with Gasteiger partial charge in [-0.1, -0.05) is 13.0 Å². The fourth-order valence-corrected chi connectivity index (χ4v) is 4.86. The molecule has 0 radical (unpaired) electrons. The van der Waals surface area contributed by atoms with Gasteiger partial charge in [0.2, 0.25) is 0 Å². The lowest BCUT2D eigenvalue weighted by molar-refractivity contribution is -0.931. The highest BCUT2D eigenvalue weighted by Crippen LogP contribution is 2.28. The van der Waals surface area contributed by atoms with Crippen LogP contribution in [0.5, 0.6) is 5.75 Å². The summed E-state index contributed by atoms with van der Waals surface area (Å²) in [5.74, 6) is 0.195. The molecule has 2 aromatic heterocycles. The number of aryl methyl sites for hydroxylation is 1. The van der Waals surface area contributed by atoms with Crippen LogP contribution in [-0.4, -0.2) is 11.7 Å². The van der Waals surface area contributed by atoms with Gasteiger partial charge in [0, 0.05) is 35.9 Å². The molecule has 0 saturated carbocycles. The largest absolute Gasteiger partial charge is 0.508 e. The van der Waals surface area contributed by atoms with Crippen molar-refractivity contribution in [1.82, 2.24) is 0 Å². The summed E-state index contributed by atoms with van der Waals surface area (Å²) in [7, 11) is 0. The molecule has 0 bridgehead atoms. The Labute approximate surface area is 150 Å². The number of hydrogen-bond acceptors (Lipinski definition) is 4. The zero-order chi connectivity index (χ0) is 17.4. The van der Waals surface area contributed by atoms with Crippen LogP contribution in [0, 0.1) is 0 Å². The van der Waals surface area contributed by atoms with Gasteiger partial charge < -0.3 is 14.4 Å². The van der Waals surface area contributed by atoms with E-state index in [4.69, 9.17) is 4.42 Å². The average Bonchev–Trinajstić information content (AvgIpc) is 3.25. The van der Waals surface area contributed by atoms with E-state index in [-0.39, 0.29) is 11.4 Å². The molecule has 5 heteroatoms. The van der Waals surface area contributed by atoms with Gasteiger partial charge in [0.15, 0.2) is 0 Å². The number of phenols is 1. The van der Waals surface area contributed by atoms with Crippen LogP contribution < -0.4 is 10.5 Å². The van der Waals surface area contributed by atoms with Gasteiger partial charge in [-0.15, -0.1) is 11.3 Å². The number of nitrogens with one attached hydrogen (secondary N) is 1. The van der Waals surface area contributed by atoms with E-state index in [1.54, 1.807) is 12.1 Å². The third-order valence-corrected chi connectivity index (χ3v) is 6.18. The van der Waals surface area contributed by atoms with Crippen LogP contribution in [0.1, 0.15) is 41.8 Å². The van der Waals surface area contributed by atoms with Gasteiger partial charge >= 0.3 is 5.63 Å². The second-order valence-electron chi connectivity index (χ2n) is 6.72. The molecule has 1 unspecified atom stereocenters. The smallest absolute Gasteiger partial charge is 0.336 e. The molecule has 130 valence electrons. The highest BCUT2D eigenvalue weighted by atomic mass is 32.1. The molecule has 2 N–H and O–H groups in total. The Morgan fingerprint density at radius 3 is 2.96 bits per heavy atom. The highest BCUT2D eigenvalue weighted by molar-refractivity contribution is 7.10. The standard InChI is InChI=1S/C20H21NO3S/c1-2-13-9-15-14(10-20(23)24-18(15)11-17(13)22)12-21-7-3-5-16(21)19-6-4-8-25-19/h4,6,8-11,16,22H,2-3,5,7,12H2,1H3/p+1/t16-/m0/s1. The van der Waals surface area contributed by atoms with Crippen LogP contribution in [0.2, 0.25) is 0 Å². The molecule has 25 heavy (non-hydrogen) atoms. The molecule has 2 atom stereocenters. The predicted octanol–water partition coefficient (Wildman–Crippen LogP) is 3.04. The number of rotatable bonds is 4. The maximum absolute atomic E-state index is 12.0. The molecule has 0 aliphatic carbocycles. The normalized spacial score (nSPS) is 20.4. The summed E-state index contributed by atoms with van der Waals surface area (Å²) >= 11 is 1.82. The maximum atomic E-state index is 12.0. The zero-order valence-corrected chi connectivity index (χ0v) is 15.1. The van der Waals surface area contributed by atoms with Crippen molar-refractivity contribution in [2.75, 3.05) is 6.54 Å². The lowest BCUT2D eigenvalue weighted by Gasteiger charge is -2.21. The Kier molecular flexibility index (Phi) is 4.36. The SMILES string of the molecule is CCc1cc2c(C[NH+]3CCC[C@H]3c3cccs3)cc(=O)oc2cc1O. The topological polar surface area (TPSA) is 54.9 Å². The Hall–Kier alpha value is -2.11. The van der Waals surface area contributed by atoms with Gasteiger partial charge in [0.1, 0.15) is 23.9 Å². The Morgan fingerprint density at radius 2 is 2.20 bits per heavy atom. The number of likely N-dealkylation sites (tertiary alicyclic amines) is 1. The molecule has 1 fully saturated rings. The molecule has 4 nitrogen and oxygen atoms in total. The summed E-state index contributed by atoms with van der Waals surface area (Å²) in [5, 5.41) is 13.2. The van der Waals surface area contributed by atoms with Crippen LogP contribution in [0.15, 0.2) is 44.9 Å². The second-order valence-corrected chi connectivity index (χ2v) is 7.70. The van der Waals surface area contributed by atoms with Crippen molar-refractivity contribution in [1.29, 1.82) is 0 Å². The van der Waals surface area contributed by atoms with Crippen molar-refractivity contribution in [3.05, 3.63) is 62.1 Å². The van der Waals surface area contributed by atoms with Gasteiger partial charge in [-0.3, -0.25) is 0 Å². The monoisotopic (exact) mass is 356 g/mol. The zero-order valence-electron chi connectivity index (χ0n) is 14.2. The molecule has 3 aromatic rings. The van der Waals surface area contributed by atoms with Crippen molar-refractivity contribution >= 4 is 22.3 Å². The lowest BCUT2D eigenvalue weighted by Crippen LogP contribution is -3.08. The first-order chi connectivity index (χ1) is 12.2. The molecule has 1 aliphatic heterocycles. The Bertz CT molecular complexity index is 945. The first kappa shape index (κ1) is 16.4. The number of fused-ring (bicyclic) bond motifs is 1. The number of phenolic OH excluding ortho intramolecular Hbond substituents is 1. The van der Waals surface area contributed by atoms with E-state index >= 15 is 0 Å². The van der Waals surface area contributed by atoms with Gasteiger partial charge in [0.25, 0.3) is 0 Å². The number of aromatic hydroxyl groups is 1. The third-order valence-electron chi connectivity index (χ3n) is 5.20. The van der Waals surface area contributed by atoms with Crippen LogP contribution in [0.25, 0.3) is 11.0 Å². The summed E-state index contributed by atoms with van der Waals surface area (Å²) in [6.45, 7) is 3.93. The first-order valence-electron chi connectivity index (χ1n) is 8.82. The van der Waals surface area contributed by atoms with E-state index in [1.807, 2.05) is 24.3 Å². The average molecular weight is 356 g/mol. The van der Waals surface area contributed by atoms with Crippen molar-refractivity contribution in [3.63, 3.8) is 0 Å². The molecule has 1 saturated heterocycles. The lowest BCUT2D eigenvalue weighted by atomic mass is 10.0. The van der Waals surface area contributed by atoms with Crippen LogP contribution in [-0.2, 0) is 13.0 Å². The fourth-order valence-electron chi connectivity index (χ4n) is 3.94. The molecule has 3 heterocycles. The quantitative estimate of drug-likeness (QED) is 0.707.